The molecule has 1 aromatic rings. The Labute approximate surface area is 106 Å². The van der Waals surface area contributed by atoms with Gasteiger partial charge in [-0.2, -0.15) is 0 Å². The molecule has 0 bridgehead atoms. The molecule has 0 atom stereocenters. The van der Waals surface area contributed by atoms with Crippen LogP contribution in [0.2, 0.25) is 0 Å². The Kier molecular flexibility index (Phi) is 2.86. The van der Waals surface area contributed by atoms with E-state index >= 15 is 0 Å². The molecule has 1 heterocycles. The second kappa shape index (κ2) is 4.10. The number of carbonyl (C=O) groups excluding carboxylic acids is 2. The second-order valence-electron chi connectivity index (χ2n) is 5.00. The number of amides is 2. The fourth-order valence-electron chi connectivity index (χ4n) is 2.23. The smallest absolute Gasteiger partial charge is 0.262 e. The van der Waals surface area contributed by atoms with Crippen molar-refractivity contribution in [1.82, 2.24) is 4.90 Å². The van der Waals surface area contributed by atoms with Gasteiger partial charge in [0.2, 0.25) is 0 Å². The van der Waals surface area contributed by atoms with Gasteiger partial charge in [-0.25, -0.2) is 0 Å². The van der Waals surface area contributed by atoms with Crippen LogP contribution in [0.25, 0.3) is 0 Å². The van der Waals surface area contributed by atoms with Crippen LogP contribution in [-0.4, -0.2) is 36.0 Å². The van der Waals surface area contributed by atoms with Crippen LogP contribution in [0.1, 0.15) is 34.6 Å². The zero-order chi connectivity index (χ0) is 13.5. The number of rotatable bonds is 3. The maximum absolute atomic E-state index is 12.3. The van der Waals surface area contributed by atoms with Gasteiger partial charge in [0, 0.05) is 12.8 Å². The van der Waals surface area contributed by atoms with Crippen molar-refractivity contribution in [1.29, 1.82) is 0 Å². The predicted molar refractivity (Wildman–Crippen MR) is 67.3 cm³/mol. The summed E-state index contributed by atoms with van der Waals surface area (Å²) in [5.41, 5.74) is 6.20. The number of hydrogen-bond acceptors (Lipinski definition) is 4. The van der Waals surface area contributed by atoms with E-state index < -0.39 is 5.54 Å². The minimum absolute atomic E-state index is 0.286. The lowest BCUT2D eigenvalue weighted by atomic mass is 10.0. The van der Waals surface area contributed by atoms with Crippen molar-refractivity contribution in [2.24, 2.45) is 0 Å². The van der Waals surface area contributed by atoms with Gasteiger partial charge < -0.3 is 10.5 Å². The first-order valence-corrected chi connectivity index (χ1v) is 5.66. The van der Waals surface area contributed by atoms with Crippen molar-refractivity contribution in [3.8, 4) is 0 Å². The number of carbonyl (C=O) groups is 2. The highest BCUT2D eigenvalue weighted by Crippen LogP contribution is 2.30. The molecule has 0 fully saturated rings. The summed E-state index contributed by atoms with van der Waals surface area (Å²) in [5.74, 6) is -0.610. The van der Waals surface area contributed by atoms with Crippen LogP contribution in [0.3, 0.4) is 0 Å². The van der Waals surface area contributed by atoms with Gasteiger partial charge >= 0.3 is 0 Å². The molecule has 0 saturated heterocycles. The number of nitrogens with zero attached hydrogens (tertiary/aromatic N) is 1. The Balaban J connectivity index is 2.46. The highest BCUT2D eigenvalue weighted by atomic mass is 16.5. The molecule has 0 saturated carbocycles. The molecule has 1 aliphatic heterocycles. The highest BCUT2D eigenvalue weighted by molar-refractivity contribution is 6.22. The van der Waals surface area contributed by atoms with E-state index in [0.29, 0.717) is 16.8 Å². The maximum Gasteiger partial charge on any atom is 0.262 e. The molecule has 96 valence electrons. The number of imide groups is 1. The van der Waals surface area contributed by atoms with E-state index in [0.717, 1.165) is 0 Å². The molecule has 2 rings (SSSR count). The molecule has 5 nitrogen and oxygen atoms in total. The van der Waals surface area contributed by atoms with E-state index in [1.807, 2.05) is 0 Å². The van der Waals surface area contributed by atoms with E-state index in [4.69, 9.17) is 10.5 Å². The molecular formula is C13H16N2O3. The summed E-state index contributed by atoms with van der Waals surface area (Å²) in [4.78, 5) is 25.8. The number of nitrogens with two attached hydrogens (primary N) is 1. The lowest BCUT2D eigenvalue weighted by molar-refractivity contribution is 0.0275. The Bertz CT molecular complexity index is 523. The van der Waals surface area contributed by atoms with Crippen LogP contribution in [0.15, 0.2) is 18.2 Å². The normalized spacial score (nSPS) is 15.2. The Morgan fingerprint density at radius 2 is 1.83 bits per heavy atom. The monoisotopic (exact) mass is 248 g/mol. The van der Waals surface area contributed by atoms with Crippen molar-refractivity contribution in [3.05, 3.63) is 29.3 Å². The zero-order valence-corrected chi connectivity index (χ0v) is 10.7. The topological polar surface area (TPSA) is 72.6 Å². The number of anilines is 1. The van der Waals surface area contributed by atoms with Gasteiger partial charge in [-0.3, -0.25) is 14.5 Å². The Morgan fingerprint density at radius 1 is 1.22 bits per heavy atom. The molecule has 1 aromatic carbocycles. The van der Waals surface area contributed by atoms with E-state index in [1.54, 1.807) is 32.0 Å². The van der Waals surface area contributed by atoms with Gasteiger partial charge in [-0.15, -0.1) is 0 Å². The second-order valence-corrected chi connectivity index (χ2v) is 5.00. The standard InChI is InChI=1S/C13H16N2O3/c1-13(2,7-18-3)15-11(16)9-5-4-8(14)6-10(9)12(15)17/h4-6H,7,14H2,1-3H3. The van der Waals surface area contributed by atoms with Crippen LogP contribution in [0.4, 0.5) is 5.69 Å². The van der Waals surface area contributed by atoms with Gasteiger partial charge in [0.25, 0.3) is 11.8 Å². The van der Waals surface area contributed by atoms with E-state index in [1.165, 1.54) is 12.0 Å². The number of nitrogen functional groups attached to an aromatic ring is 1. The fourth-order valence-corrected chi connectivity index (χ4v) is 2.23. The van der Waals surface area contributed by atoms with Crippen molar-refractivity contribution >= 4 is 17.5 Å². The first-order valence-electron chi connectivity index (χ1n) is 5.66. The summed E-state index contributed by atoms with van der Waals surface area (Å²) >= 11 is 0. The third-order valence-corrected chi connectivity index (χ3v) is 3.01. The van der Waals surface area contributed by atoms with Crippen LogP contribution in [0, 0.1) is 0 Å². The highest BCUT2D eigenvalue weighted by Gasteiger charge is 2.44. The average molecular weight is 248 g/mol. The van der Waals surface area contributed by atoms with E-state index in [9.17, 15) is 9.59 Å². The molecule has 1 aliphatic rings. The third kappa shape index (κ3) is 1.76. The van der Waals surface area contributed by atoms with Gasteiger partial charge in [0.15, 0.2) is 0 Å². The number of hydrogen-bond donors (Lipinski definition) is 1. The van der Waals surface area contributed by atoms with Crippen LogP contribution < -0.4 is 5.73 Å². The van der Waals surface area contributed by atoms with Gasteiger partial charge in [-0.05, 0) is 32.0 Å². The molecule has 0 aliphatic carbocycles. The van der Waals surface area contributed by atoms with Crippen molar-refractivity contribution in [3.63, 3.8) is 0 Å². The van der Waals surface area contributed by atoms with Crippen molar-refractivity contribution in [2.45, 2.75) is 19.4 Å². The first-order chi connectivity index (χ1) is 8.38. The van der Waals surface area contributed by atoms with Gasteiger partial charge in [0.1, 0.15) is 0 Å². The number of ether oxygens (including phenoxy) is 1. The molecule has 18 heavy (non-hydrogen) atoms. The number of benzene rings is 1. The minimum Gasteiger partial charge on any atom is -0.399 e. The number of methoxy groups -OCH3 is 1. The van der Waals surface area contributed by atoms with E-state index in [2.05, 4.69) is 0 Å². The molecular weight excluding hydrogens is 232 g/mol. The largest absolute Gasteiger partial charge is 0.399 e. The van der Waals surface area contributed by atoms with Crippen LogP contribution >= 0.6 is 0 Å². The lowest BCUT2D eigenvalue weighted by Crippen LogP contribution is -2.50. The molecule has 2 amide bonds. The summed E-state index contributed by atoms with van der Waals surface area (Å²) in [6.45, 7) is 3.87. The molecule has 0 spiro atoms. The first kappa shape index (κ1) is 12.6. The Morgan fingerprint density at radius 3 is 2.44 bits per heavy atom. The van der Waals surface area contributed by atoms with Crippen molar-refractivity contribution < 1.29 is 14.3 Å². The van der Waals surface area contributed by atoms with Crippen LogP contribution in [0.5, 0.6) is 0 Å². The summed E-state index contributed by atoms with van der Waals surface area (Å²) in [6.07, 6.45) is 0. The lowest BCUT2D eigenvalue weighted by Gasteiger charge is -2.32. The average Bonchev–Trinajstić information content (AvgIpc) is 2.51. The van der Waals surface area contributed by atoms with Crippen LogP contribution in [-0.2, 0) is 4.74 Å². The summed E-state index contributed by atoms with van der Waals surface area (Å²) in [6, 6.07) is 4.75. The minimum atomic E-state index is -0.684. The quantitative estimate of drug-likeness (QED) is 0.646. The molecule has 0 unspecified atom stereocenters. The predicted octanol–water partition coefficient (Wildman–Crippen LogP) is 1.29. The molecule has 0 radical (unpaired) electrons. The van der Waals surface area contributed by atoms with E-state index in [-0.39, 0.29) is 18.4 Å². The zero-order valence-electron chi connectivity index (χ0n) is 10.7. The van der Waals surface area contributed by atoms with Gasteiger partial charge in [-0.1, -0.05) is 0 Å². The summed E-state index contributed by atoms with van der Waals surface area (Å²) < 4.78 is 5.07. The number of fused-ring (bicyclic) bond motifs is 1. The summed E-state index contributed by atoms with van der Waals surface area (Å²) in [5, 5.41) is 0. The van der Waals surface area contributed by atoms with Gasteiger partial charge in [0.05, 0.1) is 23.3 Å². The fraction of sp³-hybridized carbons (Fsp3) is 0.385. The molecule has 5 heteroatoms. The van der Waals surface area contributed by atoms with Crippen molar-refractivity contribution in [2.75, 3.05) is 19.5 Å². The third-order valence-electron chi connectivity index (χ3n) is 3.01. The Hall–Kier alpha value is -1.88. The maximum atomic E-state index is 12.3. The molecule has 0 aromatic heterocycles. The SMILES string of the molecule is COCC(C)(C)N1C(=O)c2ccc(N)cc2C1=O. The summed E-state index contributed by atoms with van der Waals surface area (Å²) in [7, 11) is 1.54. The molecule has 2 N–H and O–H groups in total.